The van der Waals surface area contributed by atoms with Crippen LogP contribution in [0, 0.1) is 6.92 Å². The van der Waals surface area contributed by atoms with Gasteiger partial charge >= 0.3 is 0 Å². The molecule has 0 bridgehead atoms. The molecule has 1 aliphatic heterocycles. The largest absolute Gasteiger partial charge is 0.343 e. The minimum atomic E-state index is 0.515. The summed E-state index contributed by atoms with van der Waals surface area (Å²) in [6.07, 6.45) is 5.85. The van der Waals surface area contributed by atoms with E-state index < -0.39 is 0 Å². The number of rotatable bonds is 1. The zero-order valence-corrected chi connectivity index (χ0v) is 18.6. The Morgan fingerprint density at radius 2 is 1.87 bits per heavy atom. The lowest BCUT2D eigenvalue weighted by Crippen LogP contribution is -2.34. The molecule has 0 amide bonds. The lowest BCUT2D eigenvalue weighted by molar-refractivity contribution is -0.659. The van der Waals surface area contributed by atoms with E-state index >= 15 is 0 Å². The molecule has 0 unspecified atom stereocenters. The molecule has 1 aromatic heterocycles. The summed E-state index contributed by atoms with van der Waals surface area (Å²) in [5.74, 6) is 0.515. The van der Waals surface area contributed by atoms with Gasteiger partial charge in [-0.3, -0.25) is 0 Å². The molecule has 0 saturated heterocycles. The van der Waals surface area contributed by atoms with Crippen molar-refractivity contribution in [3.05, 3.63) is 64.8 Å². The van der Waals surface area contributed by atoms with Crippen LogP contribution in [0.15, 0.2) is 42.6 Å². The van der Waals surface area contributed by atoms with E-state index in [0.717, 1.165) is 0 Å². The Morgan fingerprint density at radius 3 is 2.67 bits per heavy atom. The second-order valence-electron chi connectivity index (χ2n) is 9.51. The second kappa shape index (κ2) is 6.07. The van der Waals surface area contributed by atoms with Gasteiger partial charge in [-0.2, -0.15) is 0 Å². The van der Waals surface area contributed by atoms with Crippen LogP contribution in [-0.2, 0) is 19.9 Å². The number of benzene rings is 3. The van der Waals surface area contributed by atoms with Crippen LogP contribution in [-0.4, -0.2) is 7.05 Å². The summed E-state index contributed by atoms with van der Waals surface area (Å²) in [6, 6.07) is 14.0. The maximum Gasteiger partial charge on any atom is 0.224 e. The molecule has 150 valence electrons. The van der Waals surface area contributed by atoms with Crippen molar-refractivity contribution in [3.8, 4) is 11.3 Å². The monoisotopic (exact) mass is 393 g/mol. The van der Waals surface area contributed by atoms with Crippen LogP contribution in [0.4, 0.5) is 11.4 Å². The van der Waals surface area contributed by atoms with Gasteiger partial charge in [0.2, 0.25) is 5.69 Å². The van der Waals surface area contributed by atoms with E-state index in [1.165, 1.54) is 80.1 Å². The standard InChI is InChI=1S/C28H29N2/c1-16(2)20-14-19-12-13-29(4)28-24-17(3)21-10-6-8-18-9-7-11-22(25(18)21)27(24)30(5)23(15-20)26(19)28/h6,8,10,12-16H,7,9,11H2,1-5H3/q+1. The Balaban J connectivity index is 1.85. The Labute approximate surface area is 178 Å². The molecular weight excluding hydrogens is 364 g/mol. The molecule has 2 heteroatoms. The molecule has 0 fully saturated rings. The zero-order valence-electron chi connectivity index (χ0n) is 18.6. The van der Waals surface area contributed by atoms with Gasteiger partial charge in [-0.15, -0.1) is 0 Å². The number of hydrogen-bond acceptors (Lipinski definition) is 1. The van der Waals surface area contributed by atoms with E-state index in [9.17, 15) is 0 Å². The number of aromatic nitrogens is 1. The van der Waals surface area contributed by atoms with Crippen LogP contribution in [0.1, 0.15) is 48.4 Å². The number of fused-ring (bicyclic) bond motifs is 3. The molecule has 6 rings (SSSR count). The van der Waals surface area contributed by atoms with Gasteiger partial charge < -0.3 is 4.90 Å². The third kappa shape index (κ3) is 2.17. The predicted molar refractivity (Wildman–Crippen MR) is 127 cm³/mol. The van der Waals surface area contributed by atoms with Crippen LogP contribution >= 0.6 is 0 Å². The number of pyridine rings is 1. The average Bonchev–Trinajstić information content (AvgIpc) is 2.75. The fourth-order valence-corrected chi connectivity index (χ4v) is 5.94. The van der Waals surface area contributed by atoms with E-state index in [1.807, 2.05) is 0 Å². The van der Waals surface area contributed by atoms with Crippen LogP contribution < -0.4 is 9.47 Å². The van der Waals surface area contributed by atoms with Crippen molar-refractivity contribution < 1.29 is 4.57 Å². The fraction of sp³-hybridized carbons (Fsp3) is 0.321. The van der Waals surface area contributed by atoms with Crippen LogP contribution in [0.3, 0.4) is 0 Å². The topological polar surface area (TPSA) is 7.12 Å². The molecule has 2 heterocycles. The summed E-state index contributed by atoms with van der Waals surface area (Å²) in [5.41, 5.74) is 11.5. The summed E-state index contributed by atoms with van der Waals surface area (Å²) in [5, 5.41) is 5.70. The highest BCUT2D eigenvalue weighted by molar-refractivity contribution is 6.14. The first-order valence-electron chi connectivity index (χ1n) is 11.2. The van der Waals surface area contributed by atoms with Gasteiger partial charge in [0.15, 0.2) is 6.20 Å². The third-order valence-electron chi connectivity index (χ3n) is 7.46. The van der Waals surface area contributed by atoms with Gasteiger partial charge in [-0.25, -0.2) is 4.57 Å². The van der Waals surface area contributed by atoms with Gasteiger partial charge in [0.05, 0.1) is 22.3 Å². The lowest BCUT2D eigenvalue weighted by atomic mass is 9.80. The van der Waals surface area contributed by atoms with Crippen LogP contribution in [0.2, 0.25) is 0 Å². The molecule has 3 aromatic carbocycles. The predicted octanol–water partition coefficient (Wildman–Crippen LogP) is 6.49. The number of anilines is 2. The van der Waals surface area contributed by atoms with Gasteiger partial charge in [0.25, 0.3) is 0 Å². The van der Waals surface area contributed by atoms with Crippen molar-refractivity contribution in [3.63, 3.8) is 0 Å². The highest BCUT2D eigenvalue weighted by Gasteiger charge is 2.35. The van der Waals surface area contributed by atoms with Crippen LogP contribution in [0.5, 0.6) is 0 Å². The zero-order chi connectivity index (χ0) is 20.7. The van der Waals surface area contributed by atoms with Crippen molar-refractivity contribution in [1.29, 1.82) is 0 Å². The molecule has 0 atom stereocenters. The van der Waals surface area contributed by atoms with Gasteiger partial charge in [0, 0.05) is 13.1 Å². The molecular formula is C28H29N2+. The number of hydrogen-bond donors (Lipinski definition) is 0. The van der Waals surface area contributed by atoms with Crippen molar-refractivity contribution in [2.45, 2.75) is 46.0 Å². The van der Waals surface area contributed by atoms with E-state index in [1.54, 1.807) is 5.56 Å². The Bertz CT molecular complexity index is 1380. The molecule has 30 heavy (non-hydrogen) atoms. The molecule has 0 N–H and O–H groups in total. The normalized spacial score (nSPS) is 14.7. The van der Waals surface area contributed by atoms with Gasteiger partial charge in [-0.1, -0.05) is 38.1 Å². The molecule has 2 aliphatic rings. The average molecular weight is 394 g/mol. The van der Waals surface area contributed by atoms with Crippen molar-refractivity contribution in [2.24, 2.45) is 7.05 Å². The van der Waals surface area contributed by atoms with Crippen LogP contribution in [0.25, 0.3) is 32.8 Å². The van der Waals surface area contributed by atoms with Crippen molar-refractivity contribution >= 4 is 32.9 Å². The molecule has 0 saturated carbocycles. The quantitative estimate of drug-likeness (QED) is 0.335. The Kier molecular flexibility index (Phi) is 3.63. The van der Waals surface area contributed by atoms with Crippen molar-refractivity contribution in [2.75, 3.05) is 11.9 Å². The van der Waals surface area contributed by atoms with Crippen molar-refractivity contribution in [1.82, 2.24) is 0 Å². The smallest absolute Gasteiger partial charge is 0.224 e. The number of nitrogens with zero attached hydrogens (tertiary/aromatic N) is 2. The third-order valence-corrected chi connectivity index (χ3v) is 7.46. The highest BCUT2D eigenvalue weighted by atomic mass is 15.1. The number of aryl methyl sites for hydroxylation is 4. The molecule has 2 nitrogen and oxygen atoms in total. The highest BCUT2D eigenvalue weighted by Crippen LogP contribution is 2.52. The second-order valence-corrected chi connectivity index (χ2v) is 9.51. The maximum atomic E-state index is 2.50. The van der Waals surface area contributed by atoms with Gasteiger partial charge in [0.1, 0.15) is 7.05 Å². The first-order chi connectivity index (χ1) is 14.5. The molecule has 1 aliphatic carbocycles. The van der Waals surface area contributed by atoms with E-state index in [0.29, 0.717) is 5.92 Å². The Morgan fingerprint density at radius 1 is 1.03 bits per heavy atom. The SMILES string of the molecule is Cc1c2c(c3c4c(cccc14)CCC3)N(C)c1cc(C(C)C)cc3cc[n+](C)c-2c13. The fourth-order valence-electron chi connectivity index (χ4n) is 5.94. The van der Waals surface area contributed by atoms with E-state index in [-0.39, 0.29) is 0 Å². The first-order valence-corrected chi connectivity index (χ1v) is 11.2. The summed E-state index contributed by atoms with van der Waals surface area (Å²) >= 11 is 0. The summed E-state index contributed by atoms with van der Waals surface area (Å²) in [7, 11) is 4.49. The summed E-state index contributed by atoms with van der Waals surface area (Å²) in [4.78, 5) is 2.50. The minimum Gasteiger partial charge on any atom is -0.343 e. The first kappa shape index (κ1) is 17.9. The Hall–Kier alpha value is -2.87. The van der Waals surface area contributed by atoms with E-state index in [2.05, 4.69) is 86.9 Å². The minimum absolute atomic E-state index is 0.515. The van der Waals surface area contributed by atoms with E-state index in [4.69, 9.17) is 0 Å². The molecule has 4 aromatic rings. The molecule has 0 spiro atoms. The maximum absolute atomic E-state index is 2.50. The molecule has 0 radical (unpaired) electrons. The summed E-state index contributed by atoms with van der Waals surface area (Å²) < 4.78 is 2.34. The summed E-state index contributed by atoms with van der Waals surface area (Å²) in [6.45, 7) is 6.92. The lowest BCUT2D eigenvalue weighted by Gasteiger charge is -2.34. The van der Waals surface area contributed by atoms with Gasteiger partial charge in [-0.05, 0) is 76.6 Å².